The van der Waals surface area contributed by atoms with Gasteiger partial charge in [-0.1, -0.05) is 6.07 Å². The fourth-order valence-corrected chi connectivity index (χ4v) is 4.09. The largest absolute Gasteiger partial charge is 0.493 e. The fourth-order valence-electron chi connectivity index (χ4n) is 4.09. The summed E-state index contributed by atoms with van der Waals surface area (Å²) in [6, 6.07) is 13.0. The van der Waals surface area contributed by atoms with Gasteiger partial charge in [0.1, 0.15) is 5.82 Å². The molecule has 0 saturated carbocycles. The number of nitrogens with zero attached hydrogens (tertiary/aromatic N) is 2. The number of aromatic nitrogens is 1. The molecule has 3 aromatic rings. The van der Waals surface area contributed by atoms with Crippen LogP contribution in [0.2, 0.25) is 0 Å². The number of fused-ring (bicyclic) bond motifs is 2. The standard InChI is InChI=1S/C24H28N2O2/c1-16-12-24(25-21-15-19-7-5-6-18(19)14-20(16)21)26(2)11-10-17-8-9-22(27-3)23(13-17)28-4/h8-9,12-15H,5-7,10-11H2,1-4H3. The number of pyridine rings is 1. The Morgan fingerprint density at radius 3 is 2.46 bits per heavy atom. The molecule has 0 saturated heterocycles. The molecule has 0 unspecified atom stereocenters. The van der Waals surface area contributed by atoms with Crippen molar-refractivity contribution in [2.45, 2.75) is 32.6 Å². The summed E-state index contributed by atoms with van der Waals surface area (Å²) in [7, 11) is 5.45. The Bertz CT molecular complexity index is 1010. The second-order valence-electron chi connectivity index (χ2n) is 7.65. The summed E-state index contributed by atoms with van der Waals surface area (Å²) in [6.45, 7) is 3.08. The number of likely N-dealkylation sites (N-methyl/N-ethyl adjacent to an activating group) is 1. The molecule has 146 valence electrons. The summed E-state index contributed by atoms with van der Waals surface area (Å²) < 4.78 is 10.7. The number of ether oxygens (including phenoxy) is 2. The van der Waals surface area contributed by atoms with E-state index in [1.165, 1.54) is 46.9 Å². The van der Waals surface area contributed by atoms with Gasteiger partial charge in [0.05, 0.1) is 19.7 Å². The highest BCUT2D eigenvalue weighted by Gasteiger charge is 2.15. The Balaban J connectivity index is 1.54. The number of methoxy groups -OCH3 is 2. The Labute approximate surface area is 167 Å². The molecule has 1 aromatic heterocycles. The first-order valence-electron chi connectivity index (χ1n) is 9.94. The van der Waals surface area contributed by atoms with E-state index in [4.69, 9.17) is 14.5 Å². The Hall–Kier alpha value is -2.75. The minimum absolute atomic E-state index is 0.763. The van der Waals surface area contributed by atoms with Gasteiger partial charge in [-0.05, 0) is 85.2 Å². The van der Waals surface area contributed by atoms with E-state index < -0.39 is 0 Å². The van der Waals surface area contributed by atoms with Crippen LogP contribution in [0.5, 0.6) is 11.5 Å². The SMILES string of the molecule is COc1ccc(CCN(C)c2cc(C)c3cc4c(cc3n2)CCC4)cc1OC. The second kappa shape index (κ2) is 7.70. The van der Waals surface area contributed by atoms with Crippen molar-refractivity contribution in [3.05, 3.63) is 58.7 Å². The van der Waals surface area contributed by atoms with Crippen LogP contribution in [-0.4, -0.2) is 32.8 Å². The average Bonchev–Trinajstić information content (AvgIpc) is 3.17. The summed E-state index contributed by atoms with van der Waals surface area (Å²) in [5.41, 5.74) is 6.62. The molecule has 1 heterocycles. The van der Waals surface area contributed by atoms with Crippen LogP contribution < -0.4 is 14.4 Å². The highest BCUT2D eigenvalue weighted by atomic mass is 16.5. The summed E-state index contributed by atoms with van der Waals surface area (Å²) in [5, 5.41) is 1.29. The van der Waals surface area contributed by atoms with Crippen LogP contribution in [0.4, 0.5) is 5.82 Å². The zero-order valence-corrected chi connectivity index (χ0v) is 17.2. The Kier molecular flexibility index (Phi) is 5.12. The molecule has 4 heteroatoms. The van der Waals surface area contributed by atoms with Gasteiger partial charge in [0.15, 0.2) is 11.5 Å². The first kappa shape index (κ1) is 18.6. The minimum atomic E-state index is 0.763. The van der Waals surface area contributed by atoms with Crippen LogP contribution >= 0.6 is 0 Å². The molecule has 1 aliphatic carbocycles. The Morgan fingerprint density at radius 2 is 1.71 bits per heavy atom. The molecule has 2 aromatic carbocycles. The monoisotopic (exact) mass is 376 g/mol. The van der Waals surface area contributed by atoms with Gasteiger partial charge >= 0.3 is 0 Å². The molecule has 0 N–H and O–H groups in total. The highest BCUT2D eigenvalue weighted by molar-refractivity contribution is 5.85. The third-order valence-corrected chi connectivity index (χ3v) is 5.79. The molecular formula is C24H28N2O2. The fraction of sp³-hybridized carbons (Fsp3) is 0.375. The van der Waals surface area contributed by atoms with Gasteiger partial charge < -0.3 is 14.4 Å². The van der Waals surface area contributed by atoms with Gasteiger partial charge in [0.25, 0.3) is 0 Å². The van der Waals surface area contributed by atoms with E-state index in [0.717, 1.165) is 35.8 Å². The number of anilines is 1. The van der Waals surface area contributed by atoms with E-state index >= 15 is 0 Å². The van der Waals surface area contributed by atoms with E-state index in [1.54, 1.807) is 14.2 Å². The van der Waals surface area contributed by atoms with Crippen molar-refractivity contribution >= 4 is 16.7 Å². The predicted octanol–water partition coefficient (Wildman–Crippen LogP) is 4.73. The van der Waals surface area contributed by atoms with Crippen LogP contribution in [0.15, 0.2) is 36.4 Å². The zero-order valence-electron chi connectivity index (χ0n) is 17.2. The maximum atomic E-state index is 5.42. The lowest BCUT2D eigenvalue weighted by atomic mass is 10.0. The van der Waals surface area contributed by atoms with Crippen molar-refractivity contribution in [3.8, 4) is 11.5 Å². The van der Waals surface area contributed by atoms with Crippen molar-refractivity contribution in [1.29, 1.82) is 0 Å². The van der Waals surface area contributed by atoms with E-state index in [2.05, 4.69) is 49.2 Å². The van der Waals surface area contributed by atoms with Crippen molar-refractivity contribution < 1.29 is 9.47 Å². The molecule has 0 radical (unpaired) electrons. The van der Waals surface area contributed by atoms with Crippen LogP contribution in [0.3, 0.4) is 0 Å². The van der Waals surface area contributed by atoms with Gasteiger partial charge in [0, 0.05) is 19.0 Å². The first-order valence-corrected chi connectivity index (χ1v) is 9.94. The maximum absolute atomic E-state index is 5.42. The van der Waals surface area contributed by atoms with Crippen molar-refractivity contribution in [1.82, 2.24) is 4.98 Å². The van der Waals surface area contributed by atoms with Gasteiger partial charge in [-0.15, -0.1) is 0 Å². The minimum Gasteiger partial charge on any atom is -0.493 e. The van der Waals surface area contributed by atoms with E-state index in [-0.39, 0.29) is 0 Å². The third kappa shape index (κ3) is 3.51. The second-order valence-corrected chi connectivity index (χ2v) is 7.65. The molecule has 4 rings (SSSR count). The molecule has 1 aliphatic rings. The zero-order chi connectivity index (χ0) is 19.7. The molecule has 0 bridgehead atoms. The van der Waals surface area contributed by atoms with Gasteiger partial charge in [-0.25, -0.2) is 4.98 Å². The molecule has 4 nitrogen and oxygen atoms in total. The topological polar surface area (TPSA) is 34.6 Å². The van der Waals surface area contributed by atoms with Crippen LogP contribution in [-0.2, 0) is 19.3 Å². The number of aryl methyl sites for hydroxylation is 3. The lowest BCUT2D eigenvalue weighted by Crippen LogP contribution is -2.21. The van der Waals surface area contributed by atoms with Crippen LogP contribution in [0, 0.1) is 6.92 Å². The van der Waals surface area contributed by atoms with Gasteiger partial charge in [-0.3, -0.25) is 0 Å². The Morgan fingerprint density at radius 1 is 0.964 bits per heavy atom. The molecule has 0 fully saturated rings. The predicted molar refractivity (Wildman–Crippen MR) is 115 cm³/mol. The molecular weight excluding hydrogens is 348 g/mol. The van der Waals surface area contributed by atoms with Crippen molar-refractivity contribution in [2.24, 2.45) is 0 Å². The van der Waals surface area contributed by atoms with Crippen molar-refractivity contribution in [2.75, 3.05) is 32.7 Å². The van der Waals surface area contributed by atoms with Crippen LogP contribution in [0.1, 0.15) is 28.7 Å². The van der Waals surface area contributed by atoms with E-state index in [9.17, 15) is 0 Å². The number of hydrogen-bond donors (Lipinski definition) is 0. The number of benzene rings is 2. The summed E-state index contributed by atoms with van der Waals surface area (Å²) in [4.78, 5) is 7.20. The highest BCUT2D eigenvalue weighted by Crippen LogP contribution is 2.30. The summed E-state index contributed by atoms with van der Waals surface area (Å²) in [6.07, 6.45) is 4.58. The summed E-state index contributed by atoms with van der Waals surface area (Å²) in [5.74, 6) is 2.57. The molecule has 0 spiro atoms. The quantitative estimate of drug-likeness (QED) is 0.623. The molecule has 0 atom stereocenters. The maximum Gasteiger partial charge on any atom is 0.160 e. The molecule has 28 heavy (non-hydrogen) atoms. The van der Waals surface area contributed by atoms with Crippen molar-refractivity contribution in [3.63, 3.8) is 0 Å². The smallest absolute Gasteiger partial charge is 0.160 e. The number of rotatable bonds is 6. The summed E-state index contributed by atoms with van der Waals surface area (Å²) >= 11 is 0. The van der Waals surface area contributed by atoms with Gasteiger partial charge in [0.2, 0.25) is 0 Å². The van der Waals surface area contributed by atoms with Crippen LogP contribution in [0.25, 0.3) is 10.9 Å². The van der Waals surface area contributed by atoms with Gasteiger partial charge in [-0.2, -0.15) is 0 Å². The lowest BCUT2D eigenvalue weighted by molar-refractivity contribution is 0.354. The lowest BCUT2D eigenvalue weighted by Gasteiger charge is -2.20. The first-order chi connectivity index (χ1) is 13.6. The van der Waals surface area contributed by atoms with E-state index in [1.807, 2.05) is 6.07 Å². The molecule has 0 aliphatic heterocycles. The average molecular weight is 377 g/mol. The number of hydrogen-bond acceptors (Lipinski definition) is 4. The van der Waals surface area contributed by atoms with E-state index in [0.29, 0.717) is 0 Å². The third-order valence-electron chi connectivity index (χ3n) is 5.79. The normalized spacial score (nSPS) is 12.9. The molecule has 0 amide bonds.